The summed E-state index contributed by atoms with van der Waals surface area (Å²) in [4.78, 5) is 2.36. The second-order valence-corrected chi connectivity index (χ2v) is 3.32. The highest BCUT2D eigenvalue weighted by molar-refractivity contribution is 4.98. The van der Waals surface area contributed by atoms with Crippen molar-refractivity contribution in [2.75, 3.05) is 26.7 Å². The largest absolute Gasteiger partial charge is 0.317 e. The van der Waals surface area contributed by atoms with Gasteiger partial charge in [-0.3, -0.25) is 4.90 Å². The number of rotatable bonds is 2. The molecule has 12 heavy (non-hydrogen) atoms. The first kappa shape index (κ1) is 9.57. The van der Waals surface area contributed by atoms with Crippen LogP contribution in [0.3, 0.4) is 0 Å². The van der Waals surface area contributed by atoms with E-state index in [0.29, 0.717) is 0 Å². The van der Waals surface area contributed by atoms with E-state index in [-0.39, 0.29) is 0 Å². The zero-order valence-electron chi connectivity index (χ0n) is 8.06. The molecule has 1 N–H and O–H groups in total. The molecule has 1 heterocycles. The van der Waals surface area contributed by atoms with Gasteiger partial charge in [-0.05, 0) is 39.9 Å². The molecule has 1 aliphatic heterocycles. The van der Waals surface area contributed by atoms with Gasteiger partial charge in [-0.1, -0.05) is 5.92 Å². The summed E-state index contributed by atoms with van der Waals surface area (Å²) in [7, 11) is 2.17. The highest BCUT2D eigenvalue weighted by Gasteiger charge is 2.16. The average molecular weight is 166 g/mol. The zero-order valence-corrected chi connectivity index (χ0v) is 8.06. The fourth-order valence-electron chi connectivity index (χ4n) is 1.58. The van der Waals surface area contributed by atoms with Crippen molar-refractivity contribution in [1.82, 2.24) is 10.2 Å². The molecule has 1 fully saturated rings. The van der Waals surface area contributed by atoms with Crippen molar-refractivity contribution in [3.05, 3.63) is 0 Å². The van der Waals surface area contributed by atoms with E-state index in [0.717, 1.165) is 25.7 Å². The molecule has 0 amide bonds. The normalized spacial score (nSPS) is 18.9. The number of hydrogen-bond donors (Lipinski definition) is 1. The minimum atomic E-state index is 0.743. The van der Waals surface area contributed by atoms with Gasteiger partial charge in [0.1, 0.15) is 0 Å². The summed E-state index contributed by atoms with van der Waals surface area (Å²) in [6.07, 6.45) is 2.53. The van der Waals surface area contributed by atoms with Crippen LogP contribution >= 0.6 is 0 Å². The molecule has 0 atom stereocenters. The van der Waals surface area contributed by atoms with Crippen LogP contribution in [0.5, 0.6) is 0 Å². The van der Waals surface area contributed by atoms with Crippen LogP contribution in [0.4, 0.5) is 0 Å². The van der Waals surface area contributed by atoms with Crippen molar-refractivity contribution in [2.45, 2.75) is 25.8 Å². The molecule has 1 aliphatic rings. The van der Waals surface area contributed by atoms with Gasteiger partial charge in [0.25, 0.3) is 0 Å². The van der Waals surface area contributed by atoms with Crippen LogP contribution in [0.15, 0.2) is 0 Å². The van der Waals surface area contributed by atoms with Crippen molar-refractivity contribution in [2.24, 2.45) is 0 Å². The fourth-order valence-corrected chi connectivity index (χ4v) is 1.58. The maximum atomic E-state index is 3.36. The quantitative estimate of drug-likeness (QED) is 0.607. The Labute approximate surface area is 75.3 Å². The van der Waals surface area contributed by atoms with Crippen molar-refractivity contribution < 1.29 is 0 Å². The lowest BCUT2D eigenvalue weighted by atomic mass is 10.1. The molecule has 0 aromatic rings. The zero-order chi connectivity index (χ0) is 8.81. The van der Waals surface area contributed by atoms with E-state index in [9.17, 15) is 0 Å². The van der Waals surface area contributed by atoms with Crippen LogP contribution in [-0.4, -0.2) is 37.6 Å². The van der Waals surface area contributed by atoms with Gasteiger partial charge in [0, 0.05) is 6.04 Å². The van der Waals surface area contributed by atoms with Crippen LogP contribution in [-0.2, 0) is 0 Å². The van der Waals surface area contributed by atoms with Crippen LogP contribution in [0.25, 0.3) is 0 Å². The lowest BCUT2D eigenvalue weighted by molar-refractivity contribution is 0.220. The number of nitrogens with one attached hydrogen (secondary N) is 1. The Kier molecular flexibility index (Phi) is 4.13. The SMILES string of the molecule is CC#CCN(C)C1CCNCC1. The fraction of sp³-hybridized carbons (Fsp3) is 0.800. The molecule has 2 heteroatoms. The summed E-state index contributed by atoms with van der Waals surface area (Å²) >= 11 is 0. The summed E-state index contributed by atoms with van der Waals surface area (Å²) in [5, 5.41) is 3.36. The predicted octanol–water partition coefficient (Wildman–Crippen LogP) is 0.694. The molecular weight excluding hydrogens is 148 g/mol. The predicted molar refractivity (Wildman–Crippen MR) is 52.0 cm³/mol. The van der Waals surface area contributed by atoms with E-state index in [1.807, 2.05) is 6.92 Å². The third-order valence-electron chi connectivity index (χ3n) is 2.44. The Balaban J connectivity index is 2.27. The van der Waals surface area contributed by atoms with Crippen molar-refractivity contribution in [3.8, 4) is 11.8 Å². The molecule has 0 bridgehead atoms. The molecule has 0 aromatic heterocycles. The van der Waals surface area contributed by atoms with Crippen LogP contribution in [0.1, 0.15) is 19.8 Å². The van der Waals surface area contributed by atoms with E-state index < -0.39 is 0 Å². The Morgan fingerprint density at radius 2 is 2.08 bits per heavy atom. The van der Waals surface area contributed by atoms with E-state index in [1.165, 1.54) is 12.8 Å². The number of nitrogens with zero attached hydrogens (tertiary/aromatic N) is 1. The Morgan fingerprint density at radius 1 is 1.42 bits per heavy atom. The van der Waals surface area contributed by atoms with E-state index >= 15 is 0 Å². The van der Waals surface area contributed by atoms with Gasteiger partial charge in [-0.15, -0.1) is 5.92 Å². The molecule has 1 saturated heterocycles. The van der Waals surface area contributed by atoms with Crippen molar-refractivity contribution in [3.63, 3.8) is 0 Å². The van der Waals surface area contributed by atoms with Crippen molar-refractivity contribution in [1.29, 1.82) is 0 Å². The standard InChI is InChI=1S/C10H18N2/c1-3-4-9-12(2)10-5-7-11-8-6-10/h10-11H,5-9H2,1-2H3. The maximum Gasteiger partial charge on any atom is 0.0601 e. The average Bonchev–Trinajstić information content (AvgIpc) is 2.15. The highest BCUT2D eigenvalue weighted by Crippen LogP contribution is 2.08. The van der Waals surface area contributed by atoms with Gasteiger partial charge in [0.05, 0.1) is 6.54 Å². The summed E-state index contributed by atoms with van der Waals surface area (Å²) in [5.41, 5.74) is 0. The summed E-state index contributed by atoms with van der Waals surface area (Å²) < 4.78 is 0. The minimum Gasteiger partial charge on any atom is -0.317 e. The molecule has 1 rings (SSSR count). The van der Waals surface area contributed by atoms with E-state index in [1.54, 1.807) is 0 Å². The molecule has 68 valence electrons. The Hall–Kier alpha value is -0.520. The van der Waals surface area contributed by atoms with Gasteiger partial charge in [0.2, 0.25) is 0 Å². The second kappa shape index (κ2) is 5.18. The van der Waals surface area contributed by atoms with E-state index in [4.69, 9.17) is 0 Å². The molecule has 2 nitrogen and oxygen atoms in total. The Bertz CT molecular complexity index is 172. The molecule has 0 saturated carbocycles. The van der Waals surface area contributed by atoms with Crippen molar-refractivity contribution >= 4 is 0 Å². The van der Waals surface area contributed by atoms with Gasteiger partial charge in [0.15, 0.2) is 0 Å². The third kappa shape index (κ3) is 2.84. The van der Waals surface area contributed by atoms with Gasteiger partial charge in [-0.2, -0.15) is 0 Å². The van der Waals surface area contributed by atoms with Gasteiger partial charge < -0.3 is 5.32 Å². The minimum absolute atomic E-state index is 0.743. The Morgan fingerprint density at radius 3 is 2.67 bits per heavy atom. The number of piperidine rings is 1. The van der Waals surface area contributed by atoms with Gasteiger partial charge in [-0.25, -0.2) is 0 Å². The number of hydrogen-bond acceptors (Lipinski definition) is 2. The lowest BCUT2D eigenvalue weighted by Gasteiger charge is -2.30. The van der Waals surface area contributed by atoms with Crippen LogP contribution < -0.4 is 5.32 Å². The topological polar surface area (TPSA) is 15.3 Å². The summed E-state index contributed by atoms with van der Waals surface area (Å²) in [6, 6.07) is 0.743. The monoisotopic (exact) mass is 166 g/mol. The second-order valence-electron chi connectivity index (χ2n) is 3.32. The highest BCUT2D eigenvalue weighted by atomic mass is 15.1. The van der Waals surface area contributed by atoms with Gasteiger partial charge >= 0.3 is 0 Å². The summed E-state index contributed by atoms with van der Waals surface area (Å²) in [5.74, 6) is 6.03. The summed E-state index contributed by atoms with van der Waals surface area (Å²) in [6.45, 7) is 5.14. The van der Waals surface area contributed by atoms with Crippen LogP contribution in [0, 0.1) is 11.8 Å². The van der Waals surface area contributed by atoms with E-state index in [2.05, 4.69) is 29.1 Å². The molecular formula is C10H18N2. The molecule has 0 aromatic carbocycles. The first-order chi connectivity index (χ1) is 5.84. The lowest BCUT2D eigenvalue weighted by Crippen LogP contribution is -2.41. The van der Waals surface area contributed by atoms with Crippen LogP contribution in [0.2, 0.25) is 0 Å². The molecule has 0 unspecified atom stereocenters. The first-order valence-electron chi connectivity index (χ1n) is 4.65. The molecule has 0 aliphatic carbocycles. The molecule has 0 spiro atoms. The molecule has 0 radical (unpaired) electrons. The maximum absolute atomic E-state index is 3.36. The third-order valence-corrected chi connectivity index (χ3v) is 2.44. The first-order valence-corrected chi connectivity index (χ1v) is 4.65. The smallest absolute Gasteiger partial charge is 0.0601 e.